The van der Waals surface area contributed by atoms with Gasteiger partial charge in [-0.05, 0) is 38.8 Å². The lowest BCUT2D eigenvalue weighted by Gasteiger charge is -2.37. The maximum atomic E-state index is 12.5. The molecular weight excluding hydrogens is 268 g/mol. The normalized spacial score (nSPS) is 17.5. The number of rotatable bonds is 3. The highest BCUT2D eigenvalue weighted by atomic mass is 32.1. The first kappa shape index (κ1) is 15.0. The number of nitrogens with two attached hydrogens (primary N) is 1. The number of carbonyl (C=O) groups is 1. The number of aryl methyl sites for hydroxylation is 2. The van der Waals surface area contributed by atoms with Crippen LogP contribution in [0.5, 0.6) is 0 Å². The van der Waals surface area contributed by atoms with E-state index < -0.39 is 5.54 Å². The highest BCUT2D eigenvalue weighted by Gasteiger charge is 2.36. The molecule has 1 aliphatic carbocycles. The van der Waals surface area contributed by atoms with E-state index in [4.69, 9.17) is 18.0 Å². The summed E-state index contributed by atoms with van der Waals surface area (Å²) in [4.78, 5) is 12.9. The van der Waals surface area contributed by atoms with Crippen molar-refractivity contribution in [1.82, 2.24) is 5.32 Å². The molecule has 0 atom stereocenters. The second kappa shape index (κ2) is 5.92. The summed E-state index contributed by atoms with van der Waals surface area (Å²) >= 11 is 5.21. The fourth-order valence-corrected chi connectivity index (χ4v) is 3.24. The first-order valence-electron chi connectivity index (χ1n) is 7.14. The SMILES string of the molecule is Cc1cc(C)cc(C(=O)NC2(C(N)=S)CCCCC2)c1. The molecule has 1 aliphatic rings. The molecule has 4 heteroatoms. The fraction of sp³-hybridized carbons (Fsp3) is 0.500. The Bertz CT molecular complexity index is 513. The predicted molar refractivity (Wildman–Crippen MR) is 86.0 cm³/mol. The number of nitrogens with one attached hydrogen (secondary N) is 1. The average molecular weight is 290 g/mol. The van der Waals surface area contributed by atoms with Crippen LogP contribution in [0, 0.1) is 13.8 Å². The highest BCUT2D eigenvalue weighted by molar-refractivity contribution is 7.80. The lowest BCUT2D eigenvalue weighted by atomic mass is 9.81. The number of amides is 1. The Balaban J connectivity index is 2.22. The Morgan fingerprint density at radius 1 is 1.15 bits per heavy atom. The molecule has 0 heterocycles. The summed E-state index contributed by atoms with van der Waals surface area (Å²) in [6.45, 7) is 3.99. The molecule has 0 aliphatic heterocycles. The van der Waals surface area contributed by atoms with Crippen molar-refractivity contribution in [2.75, 3.05) is 0 Å². The van der Waals surface area contributed by atoms with Gasteiger partial charge in [-0.1, -0.05) is 48.7 Å². The minimum absolute atomic E-state index is 0.0773. The molecule has 0 spiro atoms. The number of thiocarbonyl (C=S) groups is 1. The zero-order valence-corrected chi connectivity index (χ0v) is 13.0. The average Bonchev–Trinajstić information content (AvgIpc) is 2.38. The van der Waals surface area contributed by atoms with Crippen LogP contribution in [0.15, 0.2) is 18.2 Å². The largest absolute Gasteiger partial charge is 0.391 e. The standard InChI is InChI=1S/C16H22N2OS/c1-11-8-12(2)10-13(9-11)14(19)18-16(15(17)20)6-4-3-5-7-16/h8-10H,3-7H2,1-2H3,(H2,17,20)(H,18,19). The summed E-state index contributed by atoms with van der Waals surface area (Å²) < 4.78 is 0. The molecule has 0 bridgehead atoms. The van der Waals surface area contributed by atoms with Crippen LogP contribution in [0.1, 0.15) is 53.6 Å². The fourth-order valence-electron chi connectivity index (χ4n) is 2.98. The Labute approximate surface area is 125 Å². The summed E-state index contributed by atoms with van der Waals surface area (Å²) in [5.41, 5.74) is 8.26. The molecular formula is C16H22N2OS. The summed E-state index contributed by atoms with van der Waals surface area (Å²) in [6.07, 6.45) is 5.00. The molecule has 0 unspecified atom stereocenters. The number of hydrogen-bond acceptors (Lipinski definition) is 2. The molecule has 1 aromatic rings. The minimum atomic E-state index is -0.498. The topological polar surface area (TPSA) is 55.1 Å². The first-order chi connectivity index (χ1) is 9.43. The second-order valence-electron chi connectivity index (χ2n) is 5.84. The monoisotopic (exact) mass is 290 g/mol. The van der Waals surface area contributed by atoms with E-state index in [0.717, 1.165) is 36.8 Å². The van der Waals surface area contributed by atoms with Gasteiger partial charge in [-0.25, -0.2) is 0 Å². The molecule has 3 nitrogen and oxygen atoms in total. The molecule has 3 N–H and O–H groups in total. The van der Waals surface area contributed by atoms with Gasteiger partial charge in [-0.3, -0.25) is 4.79 Å². The van der Waals surface area contributed by atoms with E-state index in [-0.39, 0.29) is 5.91 Å². The number of benzene rings is 1. The van der Waals surface area contributed by atoms with Gasteiger partial charge < -0.3 is 11.1 Å². The Kier molecular flexibility index (Phi) is 4.43. The first-order valence-corrected chi connectivity index (χ1v) is 7.54. The second-order valence-corrected chi connectivity index (χ2v) is 6.28. The van der Waals surface area contributed by atoms with Crippen LogP contribution < -0.4 is 11.1 Å². The molecule has 1 fully saturated rings. The molecule has 1 aromatic carbocycles. The molecule has 2 rings (SSSR count). The van der Waals surface area contributed by atoms with Gasteiger partial charge in [-0.15, -0.1) is 0 Å². The lowest BCUT2D eigenvalue weighted by Crippen LogP contribution is -2.57. The van der Waals surface area contributed by atoms with Gasteiger partial charge in [0, 0.05) is 5.56 Å². The van der Waals surface area contributed by atoms with Crippen LogP contribution in [-0.4, -0.2) is 16.4 Å². The van der Waals surface area contributed by atoms with Crippen molar-refractivity contribution in [1.29, 1.82) is 0 Å². The van der Waals surface area contributed by atoms with Crippen molar-refractivity contribution in [2.45, 2.75) is 51.5 Å². The van der Waals surface area contributed by atoms with E-state index in [9.17, 15) is 4.79 Å². The van der Waals surface area contributed by atoms with Crippen LogP contribution in [-0.2, 0) is 0 Å². The Morgan fingerprint density at radius 3 is 2.20 bits per heavy atom. The van der Waals surface area contributed by atoms with Crippen molar-refractivity contribution < 1.29 is 4.79 Å². The van der Waals surface area contributed by atoms with E-state index >= 15 is 0 Å². The van der Waals surface area contributed by atoms with Gasteiger partial charge in [0.2, 0.25) is 0 Å². The van der Waals surface area contributed by atoms with Crippen LogP contribution >= 0.6 is 12.2 Å². The summed E-state index contributed by atoms with van der Waals surface area (Å²) in [7, 11) is 0. The van der Waals surface area contributed by atoms with E-state index in [1.807, 2.05) is 26.0 Å². The van der Waals surface area contributed by atoms with Crippen molar-refractivity contribution in [3.8, 4) is 0 Å². The Hall–Kier alpha value is -1.42. The molecule has 108 valence electrons. The molecule has 1 amide bonds. The predicted octanol–water partition coefficient (Wildman–Crippen LogP) is 3.02. The van der Waals surface area contributed by atoms with E-state index in [0.29, 0.717) is 10.6 Å². The maximum Gasteiger partial charge on any atom is 0.252 e. The lowest BCUT2D eigenvalue weighted by molar-refractivity contribution is 0.0908. The van der Waals surface area contributed by atoms with Crippen LogP contribution in [0.25, 0.3) is 0 Å². The van der Waals surface area contributed by atoms with Crippen molar-refractivity contribution in [3.63, 3.8) is 0 Å². The Morgan fingerprint density at radius 2 is 1.70 bits per heavy atom. The van der Waals surface area contributed by atoms with Crippen LogP contribution in [0.2, 0.25) is 0 Å². The number of carbonyl (C=O) groups excluding carboxylic acids is 1. The van der Waals surface area contributed by atoms with Gasteiger partial charge in [0.15, 0.2) is 0 Å². The van der Waals surface area contributed by atoms with Gasteiger partial charge in [0.25, 0.3) is 5.91 Å². The van der Waals surface area contributed by atoms with Gasteiger partial charge in [-0.2, -0.15) is 0 Å². The smallest absolute Gasteiger partial charge is 0.252 e. The van der Waals surface area contributed by atoms with Gasteiger partial charge >= 0.3 is 0 Å². The molecule has 1 saturated carbocycles. The van der Waals surface area contributed by atoms with E-state index in [1.165, 1.54) is 6.42 Å². The number of hydrogen-bond donors (Lipinski definition) is 2. The zero-order chi connectivity index (χ0) is 14.8. The molecule has 0 aromatic heterocycles. The van der Waals surface area contributed by atoms with Gasteiger partial charge in [0.05, 0.1) is 10.5 Å². The van der Waals surface area contributed by atoms with E-state index in [2.05, 4.69) is 11.4 Å². The summed E-state index contributed by atoms with van der Waals surface area (Å²) in [6, 6.07) is 5.86. The van der Waals surface area contributed by atoms with Crippen LogP contribution in [0.3, 0.4) is 0 Å². The quantitative estimate of drug-likeness (QED) is 0.841. The third kappa shape index (κ3) is 3.18. The van der Waals surface area contributed by atoms with Crippen molar-refractivity contribution >= 4 is 23.1 Å². The molecule has 20 heavy (non-hydrogen) atoms. The van der Waals surface area contributed by atoms with E-state index in [1.54, 1.807) is 0 Å². The van der Waals surface area contributed by atoms with Gasteiger partial charge in [0.1, 0.15) is 0 Å². The summed E-state index contributed by atoms with van der Waals surface area (Å²) in [5, 5.41) is 3.10. The zero-order valence-electron chi connectivity index (χ0n) is 12.2. The molecule has 0 saturated heterocycles. The third-order valence-electron chi connectivity index (χ3n) is 4.02. The van der Waals surface area contributed by atoms with Crippen LogP contribution in [0.4, 0.5) is 0 Å². The summed E-state index contributed by atoms with van der Waals surface area (Å²) in [5.74, 6) is -0.0773. The van der Waals surface area contributed by atoms with Crippen molar-refractivity contribution in [2.24, 2.45) is 5.73 Å². The van der Waals surface area contributed by atoms with Crippen molar-refractivity contribution in [3.05, 3.63) is 34.9 Å². The third-order valence-corrected chi connectivity index (χ3v) is 4.41. The highest BCUT2D eigenvalue weighted by Crippen LogP contribution is 2.29. The maximum absolute atomic E-state index is 12.5. The minimum Gasteiger partial charge on any atom is -0.391 e. The molecule has 0 radical (unpaired) electrons.